The fourth-order valence-corrected chi connectivity index (χ4v) is 4.01. The van der Waals surface area contributed by atoms with Crippen LogP contribution in [0.5, 0.6) is 5.75 Å². The van der Waals surface area contributed by atoms with E-state index in [4.69, 9.17) is 14.7 Å². The van der Waals surface area contributed by atoms with Crippen molar-refractivity contribution in [2.24, 2.45) is 0 Å². The molecule has 0 N–H and O–H groups in total. The Labute approximate surface area is 168 Å². The first-order valence-corrected chi connectivity index (χ1v) is 10.2. The van der Waals surface area contributed by atoms with Crippen LogP contribution in [0, 0.1) is 0 Å². The van der Waals surface area contributed by atoms with Crippen molar-refractivity contribution in [1.29, 1.82) is 0 Å². The topological polar surface area (TPSA) is 58.6 Å². The number of para-hydroxylation sites is 2. The number of aromatic nitrogens is 2. The second-order valence-corrected chi connectivity index (χ2v) is 7.69. The monoisotopic (exact) mass is 394 g/mol. The largest absolute Gasteiger partial charge is 0.497 e. The molecular formula is C21H22N4O2S. The average molecular weight is 395 g/mol. The zero-order valence-electron chi connectivity index (χ0n) is 16.0. The minimum atomic E-state index is 0.0435. The van der Waals surface area contributed by atoms with Crippen LogP contribution in [-0.4, -0.2) is 48.9 Å². The van der Waals surface area contributed by atoms with Crippen LogP contribution in [0.1, 0.15) is 6.42 Å². The quantitative estimate of drug-likeness (QED) is 0.630. The number of carbonyl (C=O) groups excluding carboxylic acids is 1. The van der Waals surface area contributed by atoms with Gasteiger partial charge in [0.1, 0.15) is 5.75 Å². The molecule has 4 rings (SSSR count). The Hall–Kier alpha value is -2.80. The van der Waals surface area contributed by atoms with Crippen molar-refractivity contribution in [2.45, 2.75) is 11.3 Å². The molecule has 0 aliphatic carbocycles. The van der Waals surface area contributed by atoms with Crippen LogP contribution in [0.25, 0.3) is 11.0 Å². The molecule has 1 amide bonds. The van der Waals surface area contributed by atoms with E-state index >= 15 is 0 Å². The fraction of sp³-hybridized carbons (Fsp3) is 0.286. The minimum Gasteiger partial charge on any atom is -0.497 e. The van der Waals surface area contributed by atoms with Gasteiger partial charge in [-0.05, 0) is 42.8 Å². The normalized spacial score (nSPS) is 13.9. The minimum absolute atomic E-state index is 0.0435. The predicted octanol–water partition coefficient (Wildman–Crippen LogP) is 3.60. The Bertz CT molecular complexity index is 993. The van der Waals surface area contributed by atoms with E-state index in [1.54, 1.807) is 12.0 Å². The highest BCUT2D eigenvalue weighted by Gasteiger charge is 2.26. The number of fused-ring (bicyclic) bond motifs is 2. The molecule has 6 nitrogen and oxygen atoms in total. The molecule has 0 bridgehead atoms. The third-order valence-corrected chi connectivity index (χ3v) is 5.75. The van der Waals surface area contributed by atoms with Crippen LogP contribution in [0.3, 0.4) is 0 Å². The maximum absolute atomic E-state index is 13.0. The number of thioether (sulfide) groups is 1. The molecule has 2 heterocycles. The number of benzene rings is 2. The molecule has 1 aliphatic rings. The van der Waals surface area contributed by atoms with Crippen molar-refractivity contribution in [3.8, 4) is 5.75 Å². The maximum Gasteiger partial charge on any atom is 0.238 e. The molecule has 0 saturated heterocycles. The van der Waals surface area contributed by atoms with Crippen LogP contribution in [0.15, 0.2) is 53.4 Å². The van der Waals surface area contributed by atoms with Crippen LogP contribution >= 0.6 is 11.8 Å². The summed E-state index contributed by atoms with van der Waals surface area (Å²) in [7, 11) is 3.65. The fourth-order valence-electron chi connectivity index (χ4n) is 3.23. The maximum atomic E-state index is 13.0. The van der Waals surface area contributed by atoms with Crippen molar-refractivity contribution in [2.75, 3.05) is 42.8 Å². The smallest absolute Gasteiger partial charge is 0.238 e. The Morgan fingerprint density at radius 2 is 1.71 bits per heavy atom. The summed E-state index contributed by atoms with van der Waals surface area (Å²) >= 11 is 1.52. The van der Waals surface area contributed by atoms with E-state index in [1.807, 2.05) is 55.6 Å². The van der Waals surface area contributed by atoms with Crippen molar-refractivity contribution < 1.29 is 9.53 Å². The van der Waals surface area contributed by atoms with Gasteiger partial charge in [0.05, 0.1) is 23.9 Å². The van der Waals surface area contributed by atoms with E-state index < -0.39 is 0 Å². The van der Waals surface area contributed by atoms with Crippen LogP contribution in [0.2, 0.25) is 0 Å². The summed E-state index contributed by atoms with van der Waals surface area (Å²) in [6.07, 6.45) is 0.879. The summed E-state index contributed by atoms with van der Waals surface area (Å²) in [5, 5.41) is 0. The van der Waals surface area contributed by atoms with E-state index in [1.165, 1.54) is 11.8 Å². The summed E-state index contributed by atoms with van der Waals surface area (Å²) in [5.41, 5.74) is 1.65. The molecule has 28 heavy (non-hydrogen) atoms. The van der Waals surface area contributed by atoms with E-state index in [9.17, 15) is 4.79 Å². The lowest BCUT2D eigenvalue weighted by Crippen LogP contribution is -2.33. The molecule has 144 valence electrons. The lowest BCUT2D eigenvalue weighted by molar-refractivity contribution is -0.116. The molecule has 3 aromatic rings. The van der Waals surface area contributed by atoms with Gasteiger partial charge in [0.2, 0.25) is 5.91 Å². The molecule has 2 aromatic carbocycles. The van der Waals surface area contributed by atoms with Gasteiger partial charge in [0.25, 0.3) is 0 Å². The molecule has 0 radical (unpaired) electrons. The summed E-state index contributed by atoms with van der Waals surface area (Å²) in [6, 6.07) is 15.5. The number of rotatable bonds is 4. The van der Waals surface area contributed by atoms with Crippen LogP contribution in [-0.2, 0) is 4.79 Å². The number of amides is 1. The van der Waals surface area contributed by atoms with E-state index in [0.717, 1.165) is 40.5 Å². The average Bonchev–Trinajstić information content (AvgIpc) is 2.89. The third kappa shape index (κ3) is 3.75. The van der Waals surface area contributed by atoms with Gasteiger partial charge in [0, 0.05) is 25.0 Å². The molecule has 0 saturated carbocycles. The summed E-state index contributed by atoms with van der Waals surface area (Å²) < 4.78 is 5.18. The van der Waals surface area contributed by atoms with Gasteiger partial charge < -0.3 is 9.64 Å². The van der Waals surface area contributed by atoms with Gasteiger partial charge in [-0.25, -0.2) is 9.97 Å². The number of methoxy groups -OCH3 is 1. The zero-order chi connectivity index (χ0) is 19.5. The van der Waals surface area contributed by atoms with Gasteiger partial charge in [-0.3, -0.25) is 9.69 Å². The van der Waals surface area contributed by atoms with E-state index in [0.29, 0.717) is 18.1 Å². The number of carbonyl (C=O) groups is 1. The number of ether oxygens (including phenoxy) is 1. The summed E-state index contributed by atoms with van der Waals surface area (Å²) in [4.78, 5) is 27.5. The molecule has 1 aromatic heterocycles. The molecule has 1 aliphatic heterocycles. The number of hydrogen-bond acceptors (Lipinski definition) is 6. The molecule has 0 atom stereocenters. The lowest BCUT2D eigenvalue weighted by atomic mass is 10.3. The SMILES string of the molecule is COc1ccc(SCC(=O)N2CCCN(C)c3nc4ccccc4nc32)cc1. The highest BCUT2D eigenvalue weighted by Crippen LogP contribution is 2.31. The van der Waals surface area contributed by atoms with Crippen molar-refractivity contribution in [3.05, 3.63) is 48.5 Å². The van der Waals surface area contributed by atoms with Gasteiger partial charge in [-0.1, -0.05) is 12.1 Å². The number of nitrogens with zero attached hydrogens (tertiary/aromatic N) is 4. The molecule has 0 fully saturated rings. The van der Waals surface area contributed by atoms with Gasteiger partial charge in [-0.2, -0.15) is 0 Å². The van der Waals surface area contributed by atoms with Crippen LogP contribution < -0.4 is 14.5 Å². The predicted molar refractivity (Wildman–Crippen MR) is 113 cm³/mol. The molecule has 7 heteroatoms. The third-order valence-electron chi connectivity index (χ3n) is 4.75. The molecule has 0 spiro atoms. The second kappa shape index (κ2) is 8.06. The summed E-state index contributed by atoms with van der Waals surface area (Å²) in [6.45, 7) is 1.49. The number of hydrogen-bond donors (Lipinski definition) is 0. The number of anilines is 2. The first kappa shape index (κ1) is 18.6. The van der Waals surface area contributed by atoms with Gasteiger partial charge in [-0.15, -0.1) is 11.8 Å². The lowest BCUT2D eigenvalue weighted by Gasteiger charge is -2.22. The Morgan fingerprint density at radius 1 is 1.04 bits per heavy atom. The Balaban J connectivity index is 1.59. The molecule has 0 unspecified atom stereocenters. The summed E-state index contributed by atoms with van der Waals surface area (Å²) in [5.74, 6) is 2.62. The van der Waals surface area contributed by atoms with E-state index in [-0.39, 0.29) is 5.91 Å². The van der Waals surface area contributed by atoms with Gasteiger partial charge >= 0.3 is 0 Å². The zero-order valence-corrected chi connectivity index (χ0v) is 16.8. The Kier molecular flexibility index (Phi) is 5.34. The van der Waals surface area contributed by atoms with Gasteiger partial charge in [0.15, 0.2) is 11.6 Å². The standard InChI is InChI=1S/C21H22N4O2S/c1-24-12-5-13-25(19(26)14-28-16-10-8-15(27-2)9-11-16)21-20(24)22-17-6-3-4-7-18(17)23-21/h3-4,6-11H,5,12-14H2,1-2H3. The first-order chi connectivity index (χ1) is 13.7. The van der Waals surface area contributed by atoms with E-state index in [2.05, 4.69) is 4.90 Å². The second-order valence-electron chi connectivity index (χ2n) is 6.64. The van der Waals surface area contributed by atoms with Crippen LogP contribution in [0.4, 0.5) is 11.6 Å². The first-order valence-electron chi connectivity index (χ1n) is 9.21. The highest BCUT2D eigenvalue weighted by atomic mass is 32.2. The van der Waals surface area contributed by atoms with Crippen molar-refractivity contribution in [1.82, 2.24) is 9.97 Å². The van der Waals surface area contributed by atoms with Crippen molar-refractivity contribution >= 4 is 40.3 Å². The highest BCUT2D eigenvalue weighted by molar-refractivity contribution is 8.00. The van der Waals surface area contributed by atoms with Crippen molar-refractivity contribution in [3.63, 3.8) is 0 Å². The molecular weight excluding hydrogens is 372 g/mol. The Morgan fingerprint density at radius 3 is 2.39 bits per heavy atom.